The van der Waals surface area contributed by atoms with E-state index >= 15 is 0 Å². The van der Waals surface area contributed by atoms with Gasteiger partial charge < -0.3 is 9.47 Å². The van der Waals surface area contributed by atoms with Gasteiger partial charge in [0.05, 0.1) is 19.3 Å². The summed E-state index contributed by atoms with van der Waals surface area (Å²) in [7, 11) is 0. The van der Waals surface area contributed by atoms with Crippen LogP contribution in [-0.4, -0.2) is 31.4 Å². The van der Waals surface area contributed by atoms with Gasteiger partial charge in [0.1, 0.15) is 0 Å². The Bertz CT molecular complexity index is 671. The predicted octanol–water partition coefficient (Wildman–Crippen LogP) is 10.3. The molecule has 1 aromatic carbocycles. The summed E-state index contributed by atoms with van der Waals surface area (Å²) in [6.07, 6.45) is 5.53. The van der Waals surface area contributed by atoms with Crippen LogP contribution in [-0.2, 0) is 16.1 Å². The van der Waals surface area contributed by atoms with Gasteiger partial charge >= 0.3 is 12.1 Å². The first-order chi connectivity index (χ1) is 17.4. The zero-order valence-corrected chi connectivity index (χ0v) is 23.2. The molecule has 0 amide bonds. The highest BCUT2D eigenvalue weighted by atomic mass is 19.4. The van der Waals surface area contributed by atoms with Crippen molar-refractivity contribution in [2.24, 2.45) is 5.41 Å². The van der Waals surface area contributed by atoms with Gasteiger partial charge in [-0.25, -0.2) is 0 Å². The average Bonchev–Trinajstić information content (AvgIpc) is 2.81. The fraction of sp³-hybridized carbons (Fsp3) is 0.800. The SMILES string of the molecule is CC(C)(C)CC(COCCCCCCCCCCCCCCC(F)(F)C(F)(F)F)OCc1ccccc1. The zero-order valence-electron chi connectivity index (χ0n) is 23.2. The van der Waals surface area contributed by atoms with Crippen LogP contribution in [0.2, 0.25) is 0 Å². The summed E-state index contributed by atoms with van der Waals surface area (Å²) in [5, 5.41) is 0. The summed E-state index contributed by atoms with van der Waals surface area (Å²) in [6, 6.07) is 10.2. The van der Waals surface area contributed by atoms with Crippen LogP contribution in [0.25, 0.3) is 0 Å². The highest BCUT2D eigenvalue weighted by Crippen LogP contribution is 2.39. The smallest absolute Gasteiger partial charge is 0.379 e. The number of halogens is 5. The van der Waals surface area contributed by atoms with Gasteiger partial charge in [-0.1, -0.05) is 115 Å². The van der Waals surface area contributed by atoms with Gasteiger partial charge in [-0.2, -0.15) is 22.0 Å². The third-order valence-corrected chi connectivity index (χ3v) is 6.42. The first kappa shape index (κ1) is 33.8. The van der Waals surface area contributed by atoms with Crippen LogP contribution in [0.1, 0.15) is 116 Å². The highest BCUT2D eigenvalue weighted by molar-refractivity contribution is 5.13. The first-order valence-corrected chi connectivity index (χ1v) is 14.1. The lowest BCUT2D eigenvalue weighted by Crippen LogP contribution is -2.36. The van der Waals surface area contributed by atoms with Crippen LogP contribution in [0.5, 0.6) is 0 Å². The molecule has 0 aliphatic heterocycles. The van der Waals surface area contributed by atoms with E-state index in [1.54, 1.807) is 0 Å². The standard InChI is InChI=1S/C30H49F5O2/c1-28(2,3)23-27(37-24-26-19-15-14-16-20-26)25-36-22-18-13-11-9-7-5-4-6-8-10-12-17-21-29(31,32)30(33,34)35/h14-16,19-20,27H,4-13,17-18,21-25H2,1-3H3. The molecule has 0 saturated carbocycles. The second-order valence-corrected chi connectivity index (χ2v) is 11.5. The molecule has 0 aliphatic carbocycles. The number of unbranched alkanes of at least 4 members (excludes halogenated alkanes) is 11. The Balaban J connectivity index is 1.96. The van der Waals surface area contributed by atoms with E-state index in [9.17, 15) is 22.0 Å². The Morgan fingerprint density at radius 3 is 1.65 bits per heavy atom. The van der Waals surface area contributed by atoms with Crippen molar-refractivity contribution >= 4 is 0 Å². The van der Waals surface area contributed by atoms with Crippen LogP contribution in [0.4, 0.5) is 22.0 Å². The van der Waals surface area contributed by atoms with Crippen molar-refractivity contribution in [3.8, 4) is 0 Å². The molecule has 2 nitrogen and oxygen atoms in total. The summed E-state index contributed by atoms with van der Waals surface area (Å²) in [4.78, 5) is 0. The minimum Gasteiger partial charge on any atom is -0.379 e. The molecule has 0 radical (unpaired) electrons. The van der Waals surface area contributed by atoms with Crippen molar-refractivity contribution in [2.45, 2.75) is 135 Å². The van der Waals surface area contributed by atoms with Crippen LogP contribution >= 0.6 is 0 Å². The molecule has 1 atom stereocenters. The lowest BCUT2D eigenvalue weighted by molar-refractivity contribution is -0.284. The Morgan fingerprint density at radius 1 is 0.676 bits per heavy atom. The van der Waals surface area contributed by atoms with Gasteiger partial charge in [0.2, 0.25) is 0 Å². The van der Waals surface area contributed by atoms with Crippen molar-refractivity contribution < 1.29 is 31.4 Å². The fourth-order valence-corrected chi connectivity index (χ4v) is 4.31. The maximum atomic E-state index is 12.8. The fourth-order valence-electron chi connectivity index (χ4n) is 4.31. The molecule has 1 rings (SSSR count). The van der Waals surface area contributed by atoms with Gasteiger partial charge in [0.15, 0.2) is 0 Å². The quantitative estimate of drug-likeness (QED) is 0.115. The van der Waals surface area contributed by atoms with E-state index in [1.165, 1.54) is 24.8 Å². The van der Waals surface area contributed by atoms with Gasteiger partial charge in [0, 0.05) is 13.0 Å². The Morgan fingerprint density at radius 2 is 1.16 bits per heavy atom. The third-order valence-electron chi connectivity index (χ3n) is 6.42. The van der Waals surface area contributed by atoms with Crippen LogP contribution < -0.4 is 0 Å². The van der Waals surface area contributed by atoms with E-state index in [0.29, 0.717) is 19.6 Å². The van der Waals surface area contributed by atoms with E-state index in [4.69, 9.17) is 9.47 Å². The second-order valence-electron chi connectivity index (χ2n) is 11.5. The molecule has 0 N–H and O–H groups in total. The molecule has 0 aliphatic rings. The van der Waals surface area contributed by atoms with Crippen molar-refractivity contribution in [2.75, 3.05) is 13.2 Å². The van der Waals surface area contributed by atoms with Crippen LogP contribution in [0.3, 0.4) is 0 Å². The summed E-state index contributed by atoms with van der Waals surface area (Å²) in [5.74, 6) is -4.55. The molecule has 0 aromatic heterocycles. The van der Waals surface area contributed by atoms with Crippen molar-refractivity contribution in [3.63, 3.8) is 0 Å². The zero-order chi connectivity index (χ0) is 27.6. The van der Waals surface area contributed by atoms with E-state index in [1.807, 2.05) is 18.2 Å². The number of hydrogen-bond acceptors (Lipinski definition) is 2. The number of alkyl halides is 5. The summed E-state index contributed by atoms with van der Waals surface area (Å²) in [6.45, 7) is 8.64. The van der Waals surface area contributed by atoms with E-state index < -0.39 is 18.5 Å². The minimum absolute atomic E-state index is 0.0752. The van der Waals surface area contributed by atoms with Crippen LogP contribution in [0.15, 0.2) is 30.3 Å². The van der Waals surface area contributed by atoms with Crippen molar-refractivity contribution in [3.05, 3.63) is 35.9 Å². The van der Waals surface area contributed by atoms with Crippen molar-refractivity contribution in [1.82, 2.24) is 0 Å². The summed E-state index contributed by atoms with van der Waals surface area (Å²) < 4.78 is 74.1. The van der Waals surface area contributed by atoms with E-state index in [0.717, 1.165) is 58.0 Å². The Hall–Kier alpha value is -1.21. The molecule has 0 heterocycles. The largest absolute Gasteiger partial charge is 0.453 e. The monoisotopic (exact) mass is 536 g/mol. The lowest BCUT2D eigenvalue weighted by atomic mass is 9.89. The van der Waals surface area contributed by atoms with Gasteiger partial charge in [-0.05, 0) is 30.2 Å². The summed E-state index contributed by atoms with van der Waals surface area (Å²) in [5.41, 5.74) is 1.35. The lowest BCUT2D eigenvalue weighted by Gasteiger charge is -2.26. The third kappa shape index (κ3) is 17.8. The topological polar surface area (TPSA) is 18.5 Å². The highest BCUT2D eigenvalue weighted by Gasteiger charge is 2.56. The van der Waals surface area contributed by atoms with Gasteiger partial charge in [0.25, 0.3) is 0 Å². The summed E-state index contributed by atoms with van der Waals surface area (Å²) >= 11 is 0. The second kappa shape index (κ2) is 18.1. The predicted molar refractivity (Wildman–Crippen MR) is 141 cm³/mol. The van der Waals surface area contributed by atoms with Gasteiger partial charge in [-0.15, -0.1) is 0 Å². The average molecular weight is 537 g/mol. The van der Waals surface area contributed by atoms with E-state index in [-0.39, 0.29) is 17.9 Å². The maximum Gasteiger partial charge on any atom is 0.453 e. The van der Waals surface area contributed by atoms with Gasteiger partial charge in [-0.3, -0.25) is 0 Å². The normalized spacial score (nSPS) is 13.7. The molecule has 216 valence electrons. The molecule has 1 unspecified atom stereocenters. The molecule has 7 heteroatoms. The number of rotatable bonds is 21. The molecule has 0 spiro atoms. The Labute approximate surface area is 221 Å². The molecule has 0 fully saturated rings. The van der Waals surface area contributed by atoms with Crippen molar-refractivity contribution in [1.29, 1.82) is 0 Å². The number of ether oxygens (including phenoxy) is 2. The van der Waals surface area contributed by atoms with E-state index in [2.05, 4.69) is 32.9 Å². The minimum atomic E-state index is -5.42. The number of benzene rings is 1. The molecule has 0 saturated heterocycles. The Kier molecular flexibility index (Phi) is 16.6. The van der Waals surface area contributed by atoms with Crippen LogP contribution in [0, 0.1) is 5.41 Å². The number of hydrogen-bond donors (Lipinski definition) is 0. The maximum absolute atomic E-state index is 12.8. The molecular weight excluding hydrogens is 487 g/mol. The first-order valence-electron chi connectivity index (χ1n) is 14.1. The molecule has 37 heavy (non-hydrogen) atoms. The molecular formula is C30H49F5O2. The molecule has 1 aromatic rings. The molecule has 0 bridgehead atoms.